The van der Waals surface area contributed by atoms with Gasteiger partial charge in [-0.05, 0) is 42.8 Å². The van der Waals surface area contributed by atoms with E-state index in [4.69, 9.17) is 4.42 Å². The number of thiophene rings is 1. The fourth-order valence-corrected chi connectivity index (χ4v) is 3.04. The van der Waals surface area contributed by atoms with Crippen LogP contribution in [-0.2, 0) is 13.1 Å². The van der Waals surface area contributed by atoms with Crippen molar-refractivity contribution in [1.29, 1.82) is 0 Å². The van der Waals surface area contributed by atoms with Crippen molar-refractivity contribution in [3.63, 3.8) is 0 Å². The number of carbonyl (C=O) groups excluding carboxylic acids is 1. The molecule has 3 aromatic heterocycles. The monoisotopic (exact) mass is 312 g/mol. The van der Waals surface area contributed by atoms with Gasteiger partial charge in [0, 0.05) is 23.8 Å². The highest BCUT2D eigenvalue weighted by Gasteiger charge is 2.19. The number of aromatic nitrogens is 1. The first-order valence-electron chi connectivity index (χ1n) is 6.99. The van der Waals surface area contributed by atoms with E-state index in [1.165, 1.54) is 11.3 Å². The van der Waals surface area contributed by atoms with E-state index in [0.717, 1.165) is 21.1 Å². The van der Waals surface area contributed by atoms with Crippen LogP contribution >= 0.6 is 11.3 Å². The molecule has 22 heavy (non-hydrogen) atoms. The lowest BCUT2D eigenvalue weighted by Gasteiger charge is -2.21. The van der Waals surface area contributed by atoms with Crippen molar-refractivity contribution >= 4 is 17.2 Å². The second-order valence-electron chi connectivity index (χ2n) is 5.01. The molecule has 0 spiro atoms. The lowest BCUT2D eigenvalue weighted by atomic mass is 10.2. The number of carbonyl (C=O) groups is 1. The molecule has 0 radical (unpaired) electrons. The first kappa shape index (κ1) is 14.5. The van der Waals surface area contributed by atoms with Gasteiger partial charge in [0.15, 0.2) is 0 Å². The molecular formula is C17H16N2O2S. The Labute approximate surface area is 133 Å². The highest BCUT2D eigenvalue weighted by atomic mass is 32.1. The summed E-state index contributed by atoms with van der Waals surface area (Å²) in [5, 5.41) is 0. The summed E-state index contributed by atoms with van der Waals surface area (Å²) >= 11 is 1.51. The average Bonchev–Trinajstić information content (AvgIpc) is 3.18. The van der Waals surface area contributed by atoms with Crippen LogP contribution in [0.15, 0.2) is 59.5 Å². The third kappa shape index (κ3) is 3.43. The average molecular weight is 312 g/mol. The Morgan fingerprint density at radius 2 is 2.14 bits per heavy atom. The van der Waals surface area contributed by atoms with Crippen molar-refractivity contribution in [2.75, 3.05) is 0 Å². The molecule has 0 saturated carbocycles. The molecule has 0 fully saturated rings. The van der Waals surface area contributed by atoms with Crippen molar-refractivity contribution in [3.05, 3.63) is 76.1 Å². The van der Waals surface area contributed by atoms with Gasteiger partial charge in [-0.25, -0.2) is 0 Å². The van der Waals surface area contributed by atoms with Gasteiger partial charge in [-0.3, -0.25) is 9.78 Å². The van der Waals surface area contributed by atoms with Crippen molar-refractivity contribution in [2.45, 2.75) is 20.0 Å². The number of rotatable bonds is 5. The normalized spacial score (nSPS) is 10.6. The second-order valence-corrected chi connectivity index (χ2v) is 6.30. The third-order valence-electron chi connectivity index (χ3n) is 3.26. The van der Waals surface area contributed by atoms with Crippen LogP contribution < -0.4 is 0 Å². The van der Waals surface area contributed by atoms with Crippen LogP contribution in [-0.4, -0.2) is 15.8 Å². The van der Waals surface area contributed by atoms with E-state index in [2.05, 4.69) is 4.98 Å². The largest absolute Gasteiger partial charge is 0.467 e. The van der Waals surface area contributed by atoms with Crippen molar-refractivity contribution < 1.29 is 9.21 Å². The van der Waals surface area contributed by atoms with Crippen LogP contribution in [0.5, 0.6) is 0 Å². The highest BCUT2D eigenvalue weighted by molar-refractivity contribution is 7.13. The third-order valence-corrected chi connectivity index (χ3v) is 4.25. The number of hydrogen-bond donors (Lipinski definition) is 0. The smallest absolute Gasteiger partial charge is 0.264 e. The maximum atomic E-state index is 12.8. The summed E-state index contributed by atoms with van der Waals surface area (Å²) < 4.78 is 5.39. The number of nitrogens with zero attached hydrogens (tertiary/aromatic N) is 2. The Morgan fingerprint density at radius 1 is 1.23 bits per heavy atom. The molecule has 4 nitrogen and oxygen atoms in total. The molecule has 0 aromatic carbocycles. The summed E-state index contributed by atoms with van der Waals surface area (Å²) in [5.41, 5.74) is 0.996. The molecule has 3 rings (SSSR count). The summed E-state index contributed by atoms with van der Waals surface area (Å²) in [6, 6.07) is 11.4. The zero-order chi connectivity index (χ0) is 15.4. The molecular weight excluding hydrogens is 296 g/mol. The number of amides is 1. The zero-order valence-corrected chi connectivity index (χ0v) is 13.0. The van der Waals surface area contributed by atoms with Crippen LogP contribution in [0.2, 0.25) is 0 Å². The van der Waals surface area contributed by atoms with Gasteiger partial charge in [0.05, 0.1) is 17.7 Å². The van der Waals surface area contributed by atoms with Crippen LogP contribution in [0.3, 0.4) is 0 Å². The molecule has 0 saturated heterocycles. The molecule has 0 aliphatic heterocycles. The Bertz CT molecular complexity index is 735. The molecule has 0 bridgehead atoms. The fraction of sp³-hybridized carbons (Fsp3) is 0.176. The van der Waals surface area contributed by atoms with Gasteiger partial charge in [0.2, 0.25) is 0 Å². The highest BCUT2D eigenvalue weighted by Crippen LogP contribution is 2.20. The van der Waals surface area contributed by atoms with E-state index in [0.29, 0.717) is 13.1 Å². The fourth-order valence-electron chi connectivity index (χ4n) is 2.21. The van der Waals surface area contributed by atoms with Gasteiger partial charge >= 0.3 is 0 Å². The lowest BCUT2D eigenvalue weighted by Crippen LogP contribution is -2.29. The molecule has 112 valence electrons. The van der Waals surface area contributed by atoms with Crippen LogP contribution in [0, 0.1) is 6.92 Å². The molecule has 0 aliphatic rings. The van der Waals surface area contributed by atoms with E-state index >= 15 is 0 Å². The lowest BCUT2D eigenvalue weighted by molar-refractivity contribution is 0.0722. The van der Waals surface area contributed by atoms with E-state index in [1.54, 1.807) is 23.6 Å². The molecule has 1 amide bonds. The quantitative estimate of drug-likeness (QED) is 0.718. The minimum atomic E-state index is 0.0124. The summed E-state index contributed by atoms with van der Waals surface area (Å²) in [4.78, 5) is 20.5. The predicted octanol–water partition coefficient (Wildman–Crippen LogP) is 3.89. The molecule has 3 aromatic rings. The van der Waals surface area contributed by atoms with Crippen LogP contribution in [0.25, 0.3) is 0 Å². The second kappa shape index (κ2) is 6.58. The van der Waals surface area contributed by atoms with Gasteiger partial charge in [-0.15, -0.1) is 11.3 Å². The molecule has 5 heteroatoms. The molecule has 0 unspecified atom stereocenters. The molecule has 0 atom stereocenters. The Kier molecular flexibility index (Phi) is 4.34. The van der Waals surface area contributed by atoms with E-state index in [1.807, 2.05) is 43.3 Å². The minimum absolute atomic E-state index is 0.0124. The predicted molar refractivity (Wildman–Crippen MR) is 85.6 cm³/mol. The maximum absolute atomic E-state index is 12.8. The van der Waals surface area contributed by atoms with Gasteiger partial charge in [0.1, 0.15) is 5.76 Å². The van der Waals surface area contributed by atoms with Crippen LogP contribution in [0.1, 0.15) is 25.9 Å². The van der Waals surface area contributed by atoms with Gasteiger partial charge in [-0.1, -0.05) is 6.07 Å². The van der Waals surface area contributed by atoms with Gasteiger partial charge < -0.3 is 9.32 Å². The Hall–Kier alpha value is -2.40. The van der Waals surface area contributed by atoms with Crippen molar-refractivity contribution in [1.82, 2.24) is 9.88 Å². The topological polar surface area (TPSA) is 46.3 Å². The minimum Gasteiger partial charge on any atom is -0.467 e. The first-order chi connectivity index (χ1) is 10.7. The Morgan fingerprint density at radius 3 is 2.77 bits per heavy atom. The van der Waals surface area contributed by atoms with Gasteiger partial charge in [-0.2, -0.15) is 0 Å². The van der Waals surface area contributed by atoms with Crippen molar-refractivity contribution in [3.8, 4) is 0 Å². The first-order valence-corrected chi connectivity index (χ1v) is 7.81. The maximum Gasteiger partial charge on any atom is 0.264 e. The van der Waals surface area contributed by atoms with Gasteiger partial charge in [0.25, 0.3) is 5.91 Å². The summed E-state index contributed by atoms with van der Waals surface area (Å²) in [7, 11) is 0. The standard InChI is InChI=1S/C17H16N2O2S/c1-13-6-7-16(22-13)17(20)19(12-15-5-3-9-21-15)11-14-4-2-8-18-10-14/h2-10H,11-12H2,1H3. The number of furan rings is 1. The SMILES string of the molecule is Cc1ccc(C(=O)N(Cc2cccnc2)Cc2ccco2)s1. The summed E-state index contributed by atoms with van der Waals surface area (Å²) in [5.74, 6) is 0.781. The van der Waals surface area contributed by atoms with E-state index in [-0.39, 0.29) is 5.91 Å². The molecule has 0 N–H and O–H groups in total. The zero-order valence-electron chi connectivity index (χ0n) is 12.2. The number of pyridine rings is 1. The molecule has 0 aliphatic carbocycles. The van der Waals surface area contributed by atoms with E-state index in [9.17, 15) is 4.79 Å². The van der Waals surface area contributed by atoms with Crippen molar-refractivity contribution in [2.24, 2.45) is 0 Å². The number of aryl methyl sites for hydroxylation is 1. The molecule has 3 heterocycles. The number of hydrogen-bond acceptors (Lipinski definition) is 4. The Balaban J connectivity index is 1.83. The van der Waals surface area contributed by atoms with Crippen LogP contribution in [0.4, 0.5) is 0 Å². The summed E-state index contributed by atoms with van der Waals surface area (Å²) in [6.07, 6.45) is 5.13. The summed E-state index contributed by atoms with van der Waals surface area (Å²) in [6.45, 7) is 2.95. The van der Waals surface area contributed by atoms with E-state index < -0.39 is 0 Å².